The zero-order valence-electron chi connectivity index (χ0n) is 26.2. The predicted molar refractivity (Wildman–Crippen MR) is 183 cm³/mol. The zero-order chi connectivity index (χ0) is 32.6. The quantitative estimate of drug-likeness (QED) is 0.256. The van der Waals surface area contributed by atoms with Crippen molar-refractivity contribution in [3.8, 4) is 56.7 Å². The Morgan fingerprint density at radius 1 is 0.531 bits per heavy atom. The topological polar surface area (TPSA) is 142 Å². The second-order valence-electron chi connectivity index (χ2n) is 11.8. The first-order chi connectivity index (χ1) is 24.3. The summed E-state index contributed by atoms with van der Waals surface area (Å²) in [6.07, 6.45) is 24.0. The molecule has 0 aliphatic heterocycles. The van der Waals surface area contributed by atoms with Gasteiger partial charge < -0.3 is 0 Å². The fourth-order valence-corrected chi connectivity index (χ4v) is 6.29. The zero-order valence-corrected chi connectivity index (χ0v) is 26.2. The highest BCUT2D eigenvalue weighted by Crippen LogP contribution is 2.33. The lowest BCUT2D eigenvalue weighted by molar-refractivity contribution is 0.874. The molecule has 0 saturated heterocycles. The van der Waals surface area contributed by atoms with Crippen LogP contribution in [0.3, 0.4) is 0 Å². The molecular formula is C37H28N12. The maximum Gasteiger partial charge on any atom is 0.116 e. The number of H-pyrrole nitrogens is 1. The first-order valence-electron chi connectivity index (χ1n) is 16.0. The minimum Gasteiger partial charge on any atom is -0.276 e. The van der Waals surface area contributed by atoms with Gasteiger partial charge in [-0.15, -0.1) is 0 Å². The van der Waals surface area contributed by atoms with E-state index in [0.29, 0.717) is 0 Å². The van der Waals surface area contributed by atoms with Crippen LogP contribution in [0.15, 0.2) is 117 Å². The van der Waals surface area contributed by atoms with Gasteiger partial charge in [-0.3, -0.25) is 15.1 Å². The summed E-state index contributed by atoms with van der Waals surface area (Å²) in [4.78, 5) is 26.6. The highest BCUT2D eigenvalue weighted by molar-refractivity contribution is 5.71. The molecule has 8 heterocycles. The van der Waals surface area contributed by atoms with E-state index >= 15 is 0 Å². The SMILES string of the molecule is c1cncc(-n2cc(-c3ccc4c(n3)-c3[nH]ncc3CC4)cn2)c1.c1cncc(-n2cc(-c3ccc4c(n3)-c3ncncc3CC4)cn2)c1. The molecule has 8 aromatic rings. The minimum atomic E-state index is 0.889. The molecule has 0 saturated carbocycles. The Balaban J connectivity index is 0.000000133. The van der Waals surface area contributed by atoms with Crippen LogP contribution in [-0.4, -0.2) is 59.7 Å². The normalized spacial score (nSPS) is 12.6. The molecule has 0 aromatic carbocycles. The number of nitrogens with one attached hydrogen (secondary N) is 1. The number of aromatic amines is 1. The Kier molecular flexibility index (Phi) is 7.08. The van der Waals surface area contributed by atoms with Crippen molar-refractivity contribution in [2.75, 3.05) is 0 Å². The average Bonchev–Trinajstić information content (AvgIpc) is 3.97. The molecule has 12 heteroatoms. The highest BCUT2D eigenvalue weighted by atomic mass is 15.3. The first-order valence-corrected chi connectivity index (χ1v) is 16.0. The highest BCUT2D eigenvalue weighted by Gasteiger charge is 2.21. The van der Waals surface area contributed by atoms with Gasteiger partial charge in [0.05, 0.1) is 76.5 Å². The van der Waals surface area contributed by atoms with Crippen LogP contribution < -0.4 is 0 Å². The minimum absolute atomic E-state index is 0.889. The molecule has 0 spiro atoms. The van der Waals surface area contributed by atoms with Gasteiger partial charge in [0.25, 0.3) is 0 Å². The van der Waals surface area contributed by atoms with E-state index in [1.165, 1.54) is 16.7 Å². The standard InChI is InChI=1S/C19H14N6.C18H14N6/c1-2-16(10-20-7-1)25-11-15(9-23-25)17-6-5-13-3-4-14-8-21-12-22-18(14)19(13)24-17;1-2-15(10-19-7-1)24-11-14(9-21-24)16-6-5-12-3-4-13-8-20-23-18(13)17(12)22-16/h1-2,5-12H,3-4H2;1-2,5-11H,3-4H2,(H,20,23). The van der Waals surface area contributed by atoms with Crippen molar-refractivity contribution in [3.63, 3.8) is 0 Å². The lowest BCUT2D eigenvalue weighted by atomic mass is 9.93. The fraction of sp³-hybridized carbons (Fsp3) is 0.108. The Hall–Kier alpha value is -6.69. The van der Waals surface area contributed by atoms with Gasteiger partial charge in [0.1, 0.15) is 6.33 Å². The second kappa shape index (κ2) is 12.2. The number of fused-ring (bicyclic) bond motifs is 6. The Labute approximate surface area is 280 Å². The van der Waals surface area contributed by atoms with Crippen molar-refractivity contribution in [1.29, 1.82) is 0 Å². The molecule has 0 amide bonds. The van der Waals surface area contributed by atoms with Crippen LogP contribution in [0.25, 0.3) is 56.7 Å². The smallest absolute Gasteiger partial charge is 0.116 e. The van der Waals surface area contributed by atoms with Gasteiger partial charge in [0.2, 0.25) is 0 Å². The molecule has 0 radical (unpaired) electrons. The van der Waals surface area contributed by atoms with Crippen molar-refractivity contribution >= 4 is 0 Å². The second-order valence-corrected chi connectivity index (χ2v) is 11.8. The molecule has 0 atom stereocenters. The van der Waals surface area contributed by atoms with E-state index in [-0.39, 0.29) is 0 Å². The Morgan fingerprint density at radius 3 is 1.80 bits per heavy atom. The summed E-state index contributed by atoms with van der Waals surface area (Å²) in [6, 6.07) is 16.1. The molecule has 2 aliphatic carbocycles. The van der Waals surface area contributed by atoms with Crippen LogP contribution in [0, 0.1) is 0 Å². The van der Waals surface area contributed by atoms with Gasteiger partial charge >= 0.3 is 0 Å². The summed E-state index contributed by atoms with van der Waals surface area (Å²) in [5.41, 5.74) is 14.4. The van der Waals surface area contributed by atoms with Gasteiger partial charge in [-0.25, -0.2) is 29.3 Å². The van der Waals surface area contributed by atoms with Gasteiger partial charge in [-0.05, 0) is 84.3 Å². The molecule has 2 aliphatic rings. The molecule has 0 unspecified atom stereocenters. The summed E-state index contributed by atoms with van der Waals surface area (Å²) in [5, 5.41) is 16.1. The Morgan fingerprint density at radius 2 is 1.14 bits per heavy atom. The van der Waals surface area contributed by atoms with Crippen LogP contribution in [0.1, 0.15) is 22.3 Å². The number of pyridine rings is 4. The van der Waals surface area contributed by atoms with E-state index in [1.54, 1.807) is 35.8 Å². The molecule has 0 bridgehead atoms. The van der Waals surface area contributed by atoms with Crippen LogP contribution >= 0.6 is 0 Å². The van der Waals surface area contributed by atoms with E-state index in [1.807, 2.05) is 66.1 Å². The number of hydrogen-bond donors (Lipinski definition) is 1. The van der Waals surface area contributed by atoms with Crippen LogP contribution in [0.4, 0.5) is 0 Å². The molecule has 10 rings (SSSR count). The fourth-order valence-electron chi connectivity index (χ4n) is 6.29. The average molecular weight is 641 g/mol. The molecule has 8 aromatic heterocycles. The summed E-state index contributed by atoms with van der Waals surface area (Å²) in [7, 11) is 0. The number of aromatic nitrogens is 12. The Bertz CT molecular complexity index is 2410. The number of hydrogen-bond acceptors (Lipinski definition) is 9. The van der Waals surface area contributed by atoms with Crippen LogP contribution in [-0.2, 0) is 25.7 Å². The number of aryl methyl sites for hydroxylation is 4. The summed E-state index contributed by atoms with van der Waals surface area (Å²) < 4.78 is 3.62. The van der Waals surface area contributed by atoms with Gasteiger partial charge in [-0.1, -0.05) is 12.1 Å². The predicted octanol–water partition coefficient (Wildman–Crippen LogP) is 5.70. The van der Waals surface area contributed by atoms with E-state index in [0.717, 1.165) is 87.9 Å². The number of nitrogens with zero attached hydrogens (tertiary/aromatic N) is 11. The third-order valence-corrected chi connectivity index (χ3v) is 8.83. The van der Waals surface area contributed by atoms with Crippen molar-refractivity contribution < 1.29 is 0 Å². The van der Waals surface area contributed by atoms with Gasteiger partial charge in [0, 0.05) is 42.1 Å². The third-order valence-electron chi connectivity index (χ3n) is 8.83. The summed E-state index contributed by atoms with van der Waals surface area (Å²) >= 11 is 0. The lowest BCUT2D eigenvalue weighted by Gasteiger charge is -2.17. The van der Waals surface area contributed by atoms with Crippen molar-refractivity contribution in [3.05, 3.63) is 139 Å². The molecule has 12 nitrogen and oxygen atoms in total. The first kappa shape index (κ1) is 28.5. The summed E-state index contributed by atoms with van der Waals surface area (Å²) in [6.45, 7) is 0. The van der Waals surface area contributed by atoms with E-state index in [4.69, 9.17) is 9.97 Å². The molecular weight excluding hydrogens is 612 g/mol. The van der Waals surface area contributed by atoms with Crippen molar-refractivity contribution in [2.24, 2.45) is 0 Å². The molecule has 0 fully saturated rings. The van der Waals surface area contributed by atoms with Crippen LogP contribution in [0.2, 0.25) is 0 Å². The molecule has 236 valence electrons. The van der Waals surface area contributed by atoms with Gasteiger partial charge in [-0.2, -0.15) is 15.3 Å². The van der Waals surface area contributed by atoms with Crippen molar-refractivity contribution in [2.45, 2.75) is 25.7 Å². The maximum absolute atomic E-state index is 4.87. The van der Waals surface area contributed by atoms with Gasteiger partial charge in [0.15, 0.2) is 0 Å². The van der Waals surface area contributed by atoms with E-state index in [2.05, 4.69) is 64.6 Å². The van der Waals surface area contributed by atoms with Crippen LogP contribution in [0.5, 0.6) is 0 Å². The third kappa shape index (κ3) is 5.44. The number of rotatable bonds is 4. The van der Waals surface area contributed by atoms with Crippen molar-refractivity contribution in [1.82, 2.24) is 59.7 Å². The maximum atomic E-state index is 4.87. The molecule has 49 heavy (non-hydrogen) atoms. The largest absolute Gasteiger partial charge is 0.276 e. The molecule has 1 N–H and O–H groups in total. The van der Waals surface area contributed by atoms with E-state index in [9.17, 15) is 0 Å². The van der Waals surface area contributed by atoms with E-state index < -0.39 is 0 Å². The summed E-state index contributed by atoms with van der Waals surface area (Å²) in [5.74, 6) is 0. The monoisotopic (exact) mass is 640 g/mol. The lowest BCUT2D eigenvalue weighted by Crippen LogP contribution is -2.08.